The molecule has 4 atom stereocenters. The molecule has 0 unspecified atom stereocenters. The lowest BCUT2D eigenvalue weighted by Gasteiger charge is -2.17. The molecule has 0 spiro atoms. The van der Waals surface area contributed by atoms with E-state index in [9.17, 15) is 19.2 Å². The number of aromatic nitrogens is 2. The minimum atomic E-state index is -4.75. The number of nitrogen functional groups attached to an aromatic ring is 1. The van der Waals surface area contributed by atoms with E-state index in [1.165, 1.54) is 17.0 Å². The van der Waals surface area contributed by atoms with Crippen molar-refractivity contribution in [3.05, 3.63) is 24.3 Å². The number of halogens is 1. The molecule has 1 fully saturated rings. The number of imidazole rings is 1. The standard InChI is InChI=1S/C12H15FN3O7P/c13-5-1-2-6-9(8(5)14)15-4-16(6)12-11(18)10(17)7(23-12)3-22-24(19,20)21/h1-2,4,7,10-12,17-18H,3,14H2,(H2,19,20,21)/t7-,10-,11-,12-/m1/s1. The fraction of sp³-hybridized carbons (Fsp3) is 0.417. The maximum Gasteiger partial charge on any atom is 0.469 e. The summed E-state index contributed by atoms with van der Waals surface area (Å²) < 4.78 is 35.3. The average Bonchev–Trinajstić information content (AvgIpc) is 3.04. The van der Waals surface area contributed by atoms with Gasteiger partial charge in [-0.25, -0.2) is 13.9 Å². The van der Waals surface area contributed by atoms with Crippen LogP contribution >= 0.6 is 7.82 Å². The monoisotopic (exact) mass is 363 g/mol. The number of hydrogen-bond acceptors (Lipinski definition) is 7. The first-order valence-electron chi connectivity index (χ1n) is 6.81. The maximum atomic E-state index is 13.5. The first kappa shape index (κ1) is 17.2. The molecule has 2 heterocycles. The van der Waals surface area contributed by atoms with Crippen LogP contribution in [0.3, 0.4) is 0 Å². The average molecular weight is 363 g/mol. The van der Waals surface area contributed by atoms with Gasteiger partial charge in [0, 0.05) is 0 Å². The van der Waals surface area contributed by atoms with E-state index < -0.39 is 44.8 Å². The second-order valence-corrected chi connectivity index (χ2v) is 6.55. The normalized spacial score (nSPS) is 27.9. The van der Waals surface area contributed by atoms with E-state index in [0.29, 0.717) is 5.52 Å². The van der Waals surface area contributed by atoms with Crippen LogP contribution in [0.2, 0.25) is 0 Å². The number of anilines is 1. The van der Waals surface area contributed by atoms with Crippen LogP contribution in [0, 0.1) is 5.82 Å². The van der Waals surface area contributed by atoms with Crippen LogP contribution < -0.4 is 5.73 Å². The molecule has 24 heavy (non-hydrogen) atoms. The van der Waals surface area contributed by atoms with Gasteiger partial charge in [-0.15, -0.1) is 0 Å². The van der Waals surface area contributed by atoms with Crippen LogP contribution in [0.4, 0.5) is 10.1 Å². The quantitative estimate of drug-likeness (QED) is 0.356. The molecule has 0 aliphatic carbocycles. The second-order valence-electron chi connectivity index (χ2n) is 5.31. The van der Waals surface area contributed by atoms with Crippen molar-refractivity contribution in [3.8, 4) is 0 Å². The summed E-state index contributed by atoms with van der Waals surface area (Å²) in [6.45, 7) is -0.623. The Morgan fingerprint density at radius 2 is 2.08 bits per heavy atom. The Bertz CT molecular complexity index is 809. The largest absolute Gasteiger partial charge is 0.469 e. The molecule has 0 bridgehead atoms. The topological polar surface area (TPSA) is 160 Å². The number of ether oxygens (including phenoxy) is 1. The van der Waals surface area contributed by atoms with Crippen LogP contribution in [0.25, 0.3) is 11.0 Å². The number of rotatable bonds is 4. The van der Waals surface area contributed by atoms with Gasteiger partial charge in [0.1, 0.15) is 29.6 Å². The summed E-state index contributed by atoms with van der Waals surface area (Å²) in [4.78, 5) is 21.4. The van der Waals surface area contributed by atoms with Gasteiger partial charge in [0.15, 0.2) is 6.23 Å². The number of fused-ring (bicyclic) bond motifs is 1. The van der Waals surface area contributed by atoms with Gasteiger partial charge in [-0.2, -0.15) is 0 Å². The highest BCUT2D eigenvalue weighted by Gasteiger charge is 2.45. The van der Waals surface area contributed by atoms with E-state index in [4.69, 9.17) is 20.3 Å². The third kappa shape index (κ3) is 3.03. The molecule has 3 rings (SSSR count). The van der Waals surface area contributed by atoms with Crippen molar-refractivity contribution < 1.29 is 38.2 Å². The second kappa shape index (κ2) is 6.05. The lowest BCUT2D eigenvalue weighted by molar-refractivity contribution is -0.0501. The molecule has 10 nitrogen and oxygen atoms in total. The molecule has 1 aliphatic rings. The highest BCUT2D eigenvalue weighted by Crippen LogP contribution is 2.39. The molecular weight excluding hydrogens is 348 g/mol. The van der Waals surface area contributed by atoms with Crippen molar-refractivity contribution in [3.63, 3.8) is 0 Å². The zero-order chi connectivity index (χ0) is 17.6. The minimum Gasteiger partial charge on any atom is -0.395 e. The Morgan fingerprint density at radius 3 is 2.75 bits per heavy atom. The summed E-state index contributed by atoms with van der Waals surface area (Å²) in [5.41, 5.74) is 5.96. The predicted molar refractivity (Wildman–Crippen MR) is 78.0 cm³/mol. The Morgan fingerprint density at radius 1 is 1.38 bits per heavy atom. The van der Waals surface area contributed by atoms with Crippen LogP contribution in [-0.2, 0) is 13.8 Å². The molecule has 6 N–H and O–H groups in total. The van der Waals surface area contributed by atoms with Gasteiger partial charge in [0.05, 0.1) is 24.1 Å². The first-order chi connectivity index (χ1) is 11.2. The van der Waals surface area contributed by atoms with Crippen molar-refractivity contribution in [2.24, 2.45) is 0 Å². The molecule has 1 aromatic carbocycles. The SMILES string of the molecule is Nc1c(F)ccc2c1ncn2[C@@H]1O[C@H](COP(=O)(O)O)[C@@H](O)[C@H]1O. The number of aliphatic hydroxyl groups is 2. The van der Waals surface area contributed by atoms with E-state index in [-0.39, 0.29) is 11.2 Å². The van der Waals surface area contributed by atoms with Crippen LogP contribution in [0.1, 0.15) is 6.23 Å². The summed E-state index contributed by atoms with van der Waals surface area (Å²) in [6, 6.07) is 2.51. The lowest BCUT2D eigenvalue weighted by atomic mass is 10.1. The Hall–Kier alpha value is -1.59. The highest BCUT2D eigenvalue weighted by atomic mass is 31.2. The van der Waals surface area contributed by atoms with Gasteiger partial charge in [-0.3, -0.25) is 4.52 Å². The molecule has 0 radical (unpaired) electrons. The number of nitrogens with zero attached hydrogens (tertiary/aromatic N) is 2. The molecular formula is C12H15FN3O7P. The fourth-order valence-electron chi connectivity index (χ4n) is 2.57. The smallest absolute Gasteiger partial charge is 0.395 e. The summed E-state index contributed by atoms with van der Waals surface area (Å²) in [7, 11) is -4.75. The van der Waals surface area contributed by atoms with Gasteiger partial charge < -0.3 is 35.0 Å². The van der Waals surface area contributed by atoms with Gasteiger partial charge >= 0.3 is 7.82 Å². The third-order valence-electron chi connectivity index (χ3n) is 3.75. The number of aliphatic hydroxyl groups excluding tert-OH is 2. The van der Waals surface area contributed by atoms with Gasteiger partial charge in [-0.1, -0.05) is 0 Å². The van der Waals surface area contributed by atoms with E-state index in [2.05, 4.69) is 9.51 Å². The Kier molecular flexibility index (Phi) is 4.34. The van der Waals surface area contributed by atoms with E-state index in [1.54, 1.807) is 0 Å². The zero-order valence-corrected chi connectivity index (χ0v) is 13.0. The minimum absolute atomic E-state index is 0.162. The number of phosphoric ester groups is 1. The molecule has 2 aromatic rings. The van der Waals surface area contributed by atoms with Gasteiger partial charge in [0.25, 0.3) is 0 Å². The van der Waals surface area contributed by atoms with E-state index >= 15 is 0 Å². The first-order valence-corrected chi connectivity index (χ1v) is 8.34. The fourth-order valence-corrected chi connectivity index (χ4v) is 2.91. The summed E-state index contributed by atoms with van der Waals surface area (Å²) in [5.74, 6) is -0.645. The van der Waals surface area contributed by atoms with Gasteiger partial charge in [0.2, 0.25) is 0 Å². The lowest BCUT2D eigenvalue weighted by Crippen LogP contribution is -2.33. The molecule has 1 aromatic heterocycles. The van der Waals surface area contributed by atoms with Crippen molar-refractivity contribution >= 4 is 24.5 Å². The van der Waals surface area contributed by atoms with E-state index in [0.717, 1.165) is 6.07 Å². The molecule has 132 valence electrons. The van der Waals surface area contributed by atoms with Crippen molar-refractivity contribution in [1.29, 1.82) is 0 Å². The van der Waals surface area contributed by atoms with Crippen LogP contribution in [-0.4, -0.2) is 54.5 Å². The Balaban J connectivity index is 1.88. The Labute approximate surface area is 134 Å². The summed E-state index contributed by atoms with van der Waals surface area (Å²) in [5, 5.41) is 20.1. The third-order valence-corrected chi connectivity index (χ3v) is 4.24. The maximum absolute atomic E-state index is 13.5. The van der Waals surface area contributed by atoms with Crippen molar-refractivity contribution in [2.45, 2.75) is 24.5 Å². The van der Waals surface area contributed by atoms with Crippen molar-refractivity contribution in [1.82, 2.24) is 9.55 Å². The van der Waals surface area contributed by atoms with Crippen molar-refractivity contribution in [2.75, 3.05) is 12.3 Å². The highest BCUT2D eigenvalue weighted by molar-refractivity contribution is 7.46. The number of hydrogen-bond donors (Lipinski definition) is 5. The molecule has 1 aliphatic heterocycles. The number of benzene rings is 1. The van der Waals surface area contributed by atoms with Crippen LogP contribution in [0.15, 0.2) is 18.5 Å². The predicted octanol–water partition coefficient (Wildman–Crippen LogP) is -0.514. The molecule has 0 saturated carbocycles. The number of phosphoric acid groups is 1. The van der Waals surface area contributed by atoms with Gasteiger partial charge in [-0.05, 0) is 12.1 Å². The van der Waals surface area contributed by atoms with E-state index in [1.807, 2.05) is 0 Å². The molecule has 12 heteroatoms. The number of nitrogens with two attached hydrogens (primary N) is 1. The van der Waals surface area contributed by atoms with Crippen LogP contribution in [0.5, 0.6) is 0 Å². The summed E-state index contributed by atoms with van der Waals surface area (Å²) in [6.07, 6.45) is -3.89. The molecule has 1 saturated heterocycles. The summed E-state index contributed by atoms with van der Waals surface area (Å²) >= 11 is 0. The zero-order valence-electron chi connectivity index (χ0n) is 12.1. The molecule has 0 amide bonds.